The number of methoxy groups -OCH3 is 1. The molecule has 0 saturated carbocycles. The Morgan fingerprint density at radius 2 is 2.11 bits per heavy atom. The Morgan fingerprint density at radius 1 is 1.26 bits per heavy atom. The molecule has 1 fully saturated rings. The molecule has 1 aromatic carbocycles. The van der Waals surface area contributed by atoms with E-state index in [1.165, 1.54) is 11.4 Å². The molecule has 1 atom stereocenters. The highest BCUT2D eigenvalue weighted by molar-refractivity contribution is 7.89. The first kappa shape index (κ1) is 18.4. The van der Waals surface area contributed by atoms with E-state index in [1.54, 1.807) is 12.1 Å². The van der Waals surface area contributed by atoms with Crippen molar-refractivity contribution in [1.29, 1.82) is 0 Å². The fourth-order valence-corrected chi connectivity index (χ4v) is 5.49. The molecule has 8 nitrogen and oxygen atoms in total. The normalized spacial score (nSPS) is 21.0. The minimum Gasteiger partial charge on any atom is -0.495 e. The van der Waals surface area contributed by atoms with Crippen molar-refractivity contribution in [1.82, 2.24) is 24.4 Å². The molecule has 4 rings (SSSR count). The summed E-state index contributed by atoms with van der Waals surface area (Å²) in [6, 6.07) is 5.20. The van der Waals surface area contributed by atoms with Gasteiger partial charge in [0.1, 0.15) is 22.3 Å². The van der Waals surface area contributed by atoms with Crippen LogP contribution in [0.15, 0.2) is 23.1 Å². The van der Waals surface area contributed by atoms with Crippen molar-refractivity contribution in [3.05, 3.63) is 35.4 Å². The molecule has 1 N–H and O–H groups in total. The van der Waals surface area contributed by atoms with E-state index in [2.05, 4.69) is 20.1 Å². The Hall–Kier alpha value is -1.97. The zero-order valence-corrected chi connectivity index (χ0v) is 16.5. The van der Waals surface area contributed by atoms with Crippen molar-refractivity contribution < 1.29 is 13.2 Å². The molecule has 2 aromatic rings. The van der Waals surface area contributed by atoms with Crippen molar-refractivity contribution in [2.24, 2.45) is 0 Å². The van der Waals surface area contributed by atoms with E-state index in [0.29, 0.717) is 30.6 Å². The van der Waals surface area contributed by atoms with Gasteiger partial charge in [0.15, 0.2) is 0 Å². The summed E-state index contributed by atoms with van der Waals surface area (Å²) in [7, 11) is -2.18. The summed E-state index contributed by atoms with van der Waals surface area (Å²) in [6.45, 7) is 5.02. The third-order valence-electron chi connectivity index (χ3n) is 5.35. The number of hydrogen-bond donors (Lipinski definition) is 1. The number of aromatic nitrogens is 3. The second-order valence-electron chi connectivity index (χ2n) is 7.16. The zero-order valence-electron chi connectivity index (χ0n) is 15.7. The number of nitrogens with zero attached hydrogens (tertiary/aromatic N) is 4. The van der Waals surface area contributed by atoms with Crippen molar-refractivity contribution in [2.75, 3.05) is 26.7 Å². The Bertz CT molecular complexity index is 934. The lowest BCUT2D eigenvalue weighted by Gasteiger charge is -2.29. The zero-order chi connectivity index (χ0) is 19.0. The molecular formula is C18H25N5O3S. The maximum Gasteiger partial charge on any atom is 0.247 e. The smallest absolute Gasteiger partial charge is 0.247 e. The number of benzene rings is 1. The Kier molecular flexibility index (Phi) is 4.92. The molecule has 0 aliphatic carbocycles. The van der Waals surface area contributed by atoms with E-state index in [-0.39, 0.29) is 11.4 Å². The van der Waals surface area contributed by atoms with Crippen LogP contribution in [0.3, 0.4) is 0 Å². The first-order valence-electron chi connectivity index (χ1n) is 9.28. The van der Waals surface area contributed by atoms with Gasteiger partial charge in [0.25, 0.3) is 0 Å². The molecule has 1 aromatic heterocycles. The van der Waals surface area contributed by atoms with Crippen LogP contribution in [0.4, 0.5) is 0 Å². The van der Waals surface area contributed by atoms with Gasteiger partial charge in [-0.1, -0.05) is 6.07 Å². The van der Waals surface area contributed by atoms with Gasteiger partial charge in [-0.2, -0.15) is 4.31 Å². The monoisotopic (exact) mass is 391 g/mol. The van der Waals surface area contributed by atoms with Gasteiger partial charge in [-0.25, -0.2) is 8.42 Å². The SMILES string of the molecule is COc1ccc(C)cc1S(=O)(=O)N1CCn2c(nnc2C2CCCNC2)C1. The van der Waals surface area contributed by atoms with Gasteiger partial charge in [-0.3, -0.25) is 0 Å². The van der Waals surface area contributed by atoms with Gasteiger partial charge in [0.2, 0.25) is 10.0 Å². The van der Waals surface area contributed by atoms with E-state index in [0.717, 1.165) is 37.3 Å². The van der Waals surface area contributed by atoms with Crippen LogP contribution in [0, 0.1) is 6.92 Å². The molecule has 3 heterocycles. The lowest BCUT2D eigenvalue weighted by molar-refractivity contribution is 0.322. The van der Waals surface area contributed by atoms with Crippen LogP contribution in [0.5, 0.6) is 5.75 Å². The molecule has 0 bridgehead atoms. The number of aryl methyl sites for hydroxylation is 1. The highest BCUT2D eigenvalue weighted by Crippen LogP contribution is 2.31. The molecule has 2 aliphatic rings. The van der Waals surface area contributed by atoms with Crippen LogP contribution >= 0.6 is 0 Å². The van der Waals surface area contributed by atoms with E-state index < -0.39 is 10.0 Å². The largest absolute Gasteiger partial charge is 0.495 e. The lowest BCUT2D eigenvalue weighted by atomic mass is 9.99. The minimum absolute atomic E-state index is 0.203. The topological polar surface area (TPSA) is 89.4 Å². The minimum atomic E-state index is -3.67. The molecule has 1 unspecified atom stereocenters. The average molecular weight is 391 g/mol. The van der Waals surface area contributed by atoms with Gasteiger partial charge < -0.3 is 14.6 Å². The second kappa shape index (κ2) is 7.21. The highest BCUT2D eigenvalue weighted by atomic mass is 32.2. The van der Waals surface area contributed by atoms with Crippen molar-refractivity contribution >= 4 is 10.0 Å². The first-order chi connectivity index (χ1) is 13.0. The maximum absolute atomic E-state index is 13.2. The van der Waals surface area contributed by atoms with Crippen LogP contribution in [0.2, 0.25) is 0 Å². The predicted octanol–water partition coefficient (Wildman–Crippen LogP) is 1.27. The van der Waals surface area contributed by atoms with Crippen molar-refractivity contribution in [3.8, 4) is 5.75 Å². The van der Waals surface area contributed by atoms with Crippen LogP contribution in [-0.2, 0) is 23.1 Å². The fourth-order valence-electron chi connectivity index (χ4n) is 3.86. The second-order valence-corrected chi connectivity index (χ2v) is 9.07. The molecule has 0 spiro atoms. The molecule has 2 aliphatic heterocycles. The summed E-state index contributed by atoms with van der Waals surface area (Å²) in [5.41, 5.74) is 0.877. The van der Waals surface area contributed by atoms with E-state index >= 15 is 0 Å². The van der Waals surface area contributed by atoms with Crippen LogP contribution in [0.1, 0.15) is 36.0 Å². The number of piperidine rings is 1. The van der Waals surface area contributed by atoms with E-state index in [4.69, 9.17) is 4.74 Å². The Balaban J connectivity index is 1.61. The fraction of sp³-hybridized carbons (Fsp3) is 0.556. The Labute approximate surface area is 159 Å². The van der Waals surface area contributed by atoms with E-state index in [9.17, 15) is 8.42 Å². The summed E-state index contributed by atoms with van der Waals surface area (Å²) >= 11 is 0. The number of fused-ring (bicyclic) bond motifs is 1. The molecule has 0 amide bonds. The summed E-state index contributed by atoms with van der Waals surface area (Å²) in [6.07, 6.45) is 2.22. The molecular weight excluding hydrogens is 366 g/mol. The number of rotatable bonds is 4. The average Bonchev–Trinajstić information content (AvgIpc) is 3.12. The summed E-state index contributed by atoms with van der Waals surface area (Å²) < 4.78 is 35.3. The van der Waals surface area contributed by atoms with Gasteiger partial charge >= 0.3 is 0 Å². The van der Waals surface area contributed by atoms with Gasteiger partial charge in [0, 0.05) is 25.6 Å². The van der Waals surface area contributed by atoms with Gasteiger partial charge in [-0.15, -0.1) is 10.2 Å². The molecule has 27 heavy (non-hydrogen) atoms. The number of nitrogens with one attached hydrogen (secondary N) is 1. The van der Waals surface area contributed by atoms with Gasteiger partial charge in [-0.05, 0) is 44.0 Å². The molecule has 146 valence electrons. The molecule has 9 heteroatoms. The Morgan fingerprint density at radius 3 is 2.85 bits per heavy atom. The predicted molar refractivity (Wildman–Crippen MR) is 100 cm³/mol. The lowest BCUT2D eigenvalue weighted by Crippen LogP contribution is -2.39. The van der Waals surface area contributed by atoms with Crippen molar-refractivity contribution in [3.63, 3.8) is 0 Å². The summed E-state index contributed by atoms with van der Waals surface area (Å²) in [5, 5.41) is 12.1. The standard InChI is InChI=1S/C18H25N5O3S/c1-13-5-6-15(26-2)16(10-13)27(24,25)22-8-9-23-17(12-22)20-21-18(23)14-4-3-7-19-11-14/h5-6,10,14,19H,3-4,7-9,11-12H2,1-2H3. The van der Waals surface area contributed by atoms with Crippen LogP contribution < -0.4 is 10.1 Å². The maximum atomic E-state index is 13.2. The third kappa shape index (κ3) is 3.35. The molecule has 1 saturated heterocycles. The van der Waals surface area contributed by atoms with Crippen molar-refractivity contribution in [2.45, 2.75) is 43.7 Å². The number of sulfonamides is 1. The highest BCUT2D eigenvalue weighted by Gasteiger charge is 2.34. The third-order valence-corrected chi connectivity index (χ3v) is 7.21. The first-order valence-corrected chi connectivity index (χ1v) is 10.7. The van der Waals surface area contributed by atoms with Crippen LogP contribution in [-0.4, -0.2) is 54.2 Å². The van der Waals surface area contributed by atoms with E-state index in [1.807, 2.05) is 13.0 Å². The number of ether oxygens (including phenoxy) is 1. The summed E-state index contributed by atoms with van der Waals surface area (Å²) in [5.74, 6) is 2.39. The van der Waals surface area contributed by atoms with Crippen LogP contribution in [0.25, 0.3) is 0 Å². The number of hydrogen-bond acceptors (Lipinski definition) is 6. The van der Waals surface area contributed by atoms with Gasteiger partial charge in [0.05, 0.1) is 13.7 Å². The quantitative estimate of drug-likeness (QED) is 0.844. The molecule has 0 radical (unpaired) electrons. The summed E-state index contributed by atoms with van der Waals surface area (Å²) in [4.78, 5) is 0.203.